The van der Waals surface area contributed by atoms with Crippen LogP contribution >= 0.6 is 0 Å². The molecule has 0 aromatic heterocycles. The number of rotatable bonds is 12. The van der Waals surface area contributed by atoms with Crippen LogP contribution in [0.25, 0.3) is 0 Å². The molecule has 0 aromatic rings. The lowest BCUT2D eigenvalue weighted by Gasteiger charge is -2.24. The number of unbranched alkanes of at least 4 members (excludes halogenated alkanes) is 4. The summed E-state index contributed by atoms with van der Waals surface area (Å²) in [5.41, 5.74) is 0.284. The number of hydrogen-bond donors (Lipinski definition) is 2. The van der Waals surface area contributed by atoms with Gasteiger partial charge in [0.2, 0.25) is 0 Å². The Kier molecular flexibility index (Phi) is 9.27. The standard InChI is InChI=1S/C15H28O4/c1-15(2,11-7-3-5-9-13(16)17)12-8-4-6-10-14(18)19/h3-12H2,1-2H3,(H,16,17)(H,18,19). The lowest BCUT2D eigenvalue weighted by atomic mass is 9.82. The van der Waals surface area contributed by atoms with Gasteiger partial charge in [-0.1, -0.05) is 39.5 Å². The zero-order chi connectivity index (χ0) is 14.7. The van der Waals surface area contributed by atoms with Gasteiger partial charge < -0.3 is 10.2 Å². The zero-order valence-corrected chi connectivity index (χ0v) is 12.3. The Bertz CT molecular complexity index is 245. The Labute approximate surface area is 116 Å². The minimum absolute atomic E-state index is 0.273. The zero-order valence-electron chi connectivity index (χ0n) is 12.3. The van der Waals surface area contributed by atoms with E-state index >= 15 is 0 Å². The molecule has 0 radical (unpaired) electrons. The van der Waals surface area contributed by atoms with E-state index in [2.05, 4.69) is 13.8 Å². The summed E-state index contributed by atoms with van der Waals surface area (Å²) in [6.07, 6.45) is 8.44. The van der Waals surface area contributed by atoms with Crippen LogP contribution in [-0.2, 0) is 9.59 Å². The first kappa shape index (κ1) is 17.9. The molecular formula is C15H28O4. The minimum atomic E-state index is -0.710. The van der Waals surface area contributed by atoms with Crippen LogP contribution in [0.2, 0.25) is 0 Å². The molecule has 4 heteroatoms. The second-order valence-corrected chi connectivity index (χ2v) is 6.07. The van der Waals surface area contributed by atoms with Crippen LogP contribution in [0.1, 0.15) is 78.1 Å². The van der Waals surface area contributed by atoms with E-state index < -0.39 is 11.9 Å². The smallest absolute Gasteiger partial charge is 0.303 e. The largest absolute Gasteiger partial charge is 0.481 e. The monoisotopic (exact) mass is 272 g/mol. The van der Waals surface area contributed by atoms with E-state index in [1.807, 2.05) is 0 Å². The molecule has 0 heterocycles. The normalized spacial score (nSPS) is 11.5. The van der Waals surface area contributed by atoms with E-state index in [-0.39, 0.29) is 18.3 Å². The highest BCUT2D eigenvalue weighted by Gasteiger charge is 2.16. The molecule has 0 unspecified atom stereocenters. The van der Waals surface area contributed by atoms with Crippen molar-refractivity contribution in [3.63, 3.8) is 0 Å². The van der Waals surface area contributed by atoms with Crippen LogP contribution in [0.15, 0.2) is 0 Å². The summed E-state index contributed by atoms with van der Waals surface area (Å²) in [6, 6.07) is 0. The molecule has 19 heavy (non-hydrogen) atoms. The summed E-state index contributed by atoms with van der Waals surface area (Å²) in [5, 5.41) is 17.1. The lowest BCUT2D eigenvalue weighted by molar-refractivity contribution is -0.138. The van der Waals surface area contributed by atoms with Crippen LogP contribution in [0.5, 0.6) is 0 Å². The molecule has 0 spiro atoms. The molecule has 0 saturated heterocycles. The van der Waals surface area contributed by atoms with Gasteiger partial charge in [-0.25, -0.2) is 0 Å². The molecule has 0 aliphatic heterocycles. The molecule has 0 aromatic carbocycles. The molecule has 0 fully saturated rings. The van der Waals surface area contributed by atoms with Gasteiger partial charge in [-0.15, -0.1) is 0 Å². The number of carboxylic acid groups (broad SMARTS) is 2. The summed E-state index contributed by atoms with van der Waals surface area (Å²) in [4.78, 5) is 20.7. The highest BCUT2D eigenvalue weighted by Crippen LogP contribution is 2.30. The summed E-state index contributed by atoms with van der Waals surface area (Å²) in [7, 11) is 0. The summed E-state index contributed by atoms with van der Waals surface area (Å²) in [5.74, 6) is -1.42. The van der Waals surface area contributed by atoms with Gasteiger partial charge in [-0.2, -0.15) is 0 Å². The summed E-state index contributed by atoms with van der Waals surface area (Å²) < 4.78 is 0. The van der Waals surface area contributed by atoms with Crippen molar-refractivity contribution in [2.24, 2.45) is 5.41 Å². The van der Waals surface area contributed by atoms with Crippen LogP contribution in [0.3, 0.4) is 0 Å². The predicted octanol–water partition coefficient (Wildman–Crippen LogP) is 4.08. The second kappa shape index (κ2) is 9.82. The quantitative estimate of drug-likeness (QED) is 0.525. The highest BCUT2D eigenvalue weighted by atomic mass is 16.4. The Morgan fingerprint density at radius 2 is 1.11 bits per heavy atom. The number of carbonyl (C=O) groups is 2. The van der Waals surface area contributed by atoms with Gasteiger partial charge in [0.05, 0.1) is 0 Å². The molecule has 0 aliphatic rings. The van der Waals surface area contributed by atoms with Crippen LogP contribution in [-0.4, -0.2) is 22.2 Å². The third-order valence-corrected chi connectivity index (χ3v) is 3.49. The van der Waals surface area contributed by atoms with Gasteiger partial charge in [0.25, 0.3) is 0 Å². The summed E-state index contributed by atoms with van der Waals surface area (Å²) in [6.45, 7) is 4.47. The van der Waals surface area contributed by atoms with Crippen molar-refractivity contribution in [3.05, 3.63) is 0 Å². The fourth-order valence-electron chi connectivity index (χ4n) is 2.24. The van der Waals surface area contributed by atoms with Gasteiger partial charge >= 0.3 is 11.9 Å². The fourth-order valence-corrected chi connectivity index (χ4v) is 2.24. The Morgan fingerprint density at radius 3 is 1.42 bits per heavy atom. The van der Waals surface area contributed by atoms with Gasteiger partial charge in [0.15, 0.2) is 0 Å². The van der Waals surface area contributed by atoms with E-state index in [0.29, 0.717) is 0 Å². The van der Waals surface area contributed by atoms with E-state index in [0.717, 1.165) is 51.4 Å². The molecule has 0 aliphatic carbocycles. The third-order valence-electron chi connectivity index (χ3n) is 3.49. The molecular weight excluding hydrogens is 244 g/mol. The topological polar surface area (TPSA) is 74.6 Å². The molecule has 0 rings (SSSR count). The van der Waals surface area contributed by atoms with Crippen molar-refractivity contribution >= 4 is 11.9 Å². The van der Waals surface area contributed by atoms with E-state index in [4.69, 9.17) is 10.2 Å². The average Bonchev–Trinajstić information content (AvgIpc) is 2.27. The Balaban J connectivity index is 3.51. The number of aliphatic carboxylic acids is 2. The Morgan fingerprint density at radius 1 is 0.737 bits per heavy atom. The van der Waals surface area contributed by atoms with Crippen LogP contribution in [0.4, 0.5) is 0 Å². The van der Waals surface area contributed by atoms with E-state index in [9.17, 15) is 9.59 Å². The van der Waals surface area contributed by atoms with Crippen molar-refractivity contribution in [3.8, 4) is 0 Å². The second-order valence-electron chi connectivity index (χ2n) is 6.07. The molecule has 112 valence electrons. The molecule has 0 amide bonds. The maximum Gasteiger partial charge on any atom is 0.303 e. The molecule has 2 N–H and O–H groups in total. The van der Waals surface area contributed by atoms with Crippen LogP contribution in [0, 0.1) is 5.41 Å². The van der Waals surface area contributed by atoms with E-state index in [1.54, 1.807) is 0 Å². The first-order valence-electron chi connectivity index (χ1n) is 7.27. The maximum absolute atomic E-state index is 10.4. The molecule has 0 bridgehead atoms. The third kappa shape index (κ3) is 13.2. The average molecular weight is 272 g/mol. The highest BCUT2D eigenvalue weighted by molar-refractivity contribution is 5.66. The molecule has 4 nitrogen and oxygen atoms in total. The van der Waals surface area contributed by atoms with Gasteiger partial charge in [-0.3, -0.25) is 9.59 Å². The number of carboxylic acids is 2. The van der Waals surface area contributed by atoms with Gasteiger partial charge in [0.1, 0.15) is 0 Å². The van der Waals surface area contributed by atoms with Gasteiger partial charge in [-0.05, 0) is 31.1 Å². The van der Waals surface area contributed by atoms with Crippen molar-refractivity contribution < 1.29 is 19.8 Å². The maximum atomic E-state index is 10.4. The number of hydrogen-bond acceptors (Lipinski definition) is 2. The molecule has 0 saturated carbocycles. The van der Waals surface area contributed by atoms with Crippen molar-refractivity contribution in [2.75, 3.05) is 0 Å². The molecule has 0 atom stereocenters. The van der Waals surface area contributed by atoms with Crippen molar-refractivity contribution in [2.45, 2.75) is 78.1 Å². The van der Waals surface area contributed by atoms with Crippen molar-refractivity contribution in [1.82, 2.24) is 0 Å². The summed E-state index contributed by atoms with van der Waals surface area (Å²) >= 11 is 0. The lowest BCUT2D eigenvalue weighted by Crippen LogP contribution is -2.11. The first-order chi connectivity index (χ1) is 8.83. The van der Waals surface area contributed by atoms with Crippen molar-refractivity contribution in [1.29, 1.82) is 0 Å². The SMILES string of the molecule is CC(C)(CCCCCC(=O)O)CCCCCC(=O)O. The first-order valence-corrected chi connectivity index (χ1v) is 7.27. The fraction of sp³-hybridized carbons (Fsp3) is 0.867. The predicted molar refractivity (Wildman–Crippen MR) is 75.2 cm³/mol. The minimum Gasteiger partial charge on any atom is -0.481 e. The van der Waals surface area contributed by atoms with Gasteiger partial charge in [0, 0.05) is 12.8 Å². The van der Waals surface area contributed by atoms with Crippen LogP contribution < -0.4 is 0 Å². The Hall–Kier alpha value is -1.06. The van der Waals surface area contributed by atoms with E-state index in [1.165, 1.54) is 0 Å².